The Bertz CT molecular complexity index is 1230. The van der Waals surface area contributed by atoms with Gasteiger partial charge in [-0.25, -0.2) is 0 Å². The summed E-state index contributed by atoms with van der Waals surface area (Å²) in [5, 5.41) is 18.7. The lowest BCUT2D eigenvalue weighted by molar-refractivity contribution is -0.169. The number of esters is 1. The van der Waals surface area contributed by atoms with Crippen LogP contribution < -0.4 is 9.54 Å². The monoisotopic (exact) mass is 465 g/mol. The largest absolute Gasteiger partial charge is 0.496 e. The molecule has 2 aromatic rings. The Morgan fingerprint density at radius 3 is 2.55 bits per heavy atom. The zero-order valence-corrected chi connectivity index (χ0v) is 20.3. The van der Waals surface area contributed by atoms with Gasteiger partial charge in [0, 0.05) is 18.0 Å². The zero-order valence-electron chi connectivity index (χ0n) is 19.5. The Morgan fingerprint density at radius 2 is 2.03 bits per heavy atom. The minimum Gasteiger partial charge on any atom is -0.496 e. The first-order valence-corrected chi connectivity index (χ1v) is 11.4. The van der Waals surface area contributed by atoms with Crippen molar-refractivity contribution in [2.24, 2.45) is 9.98 Å². The van der Waals surface area contributed by atoms with E-state index in [4.69, 9.17) is 14.5 Å². The van der Waals surface area contributed by atoms with Crippen molar-refractivity contribution in [3.05, 3.63) is 45.2 Å². The quantitative estimate of drug-likeness (QED) is 0.286. The van der Waals surface area contributed by atoms with E-state index in [1.807, 2.05) is 17.0 Å². The number of hydrogen-bond acceptors (Lipinski definition) is 7. The van der Waals surface area contributed by atoms with E-state index in [0.29, 0.717) is 28.2 Å². The predicted octanol–water partition coefficient (Wildman–Crippen LogP) is 4.04. The van der Waals surface area contributed by atoms with Gasteiger partial charge in [0.25, 0.3) is 0 Å². The molecular weight excluding hydrogens is 438 g/mol. The highest BCUT2D eigenvalue weighted by molar-refractivity contribution is 7.09. The van der Waals surface area contributed by atoms with E-state index >= 15 is 0 Å². The fourth-order valence-corrected chi connectivity index (χ4v) is 4.69. The fraction of sp³-hybridized carbons (Fsp3) is 0.458. The number of aromatic nitrogens is 1. The number of nitrogens with zero attached hydrogens (tertiary/aromatic N) is 5. The molecule has 1 aliphatic rings. The van der Waals surface area contributed by atoms with Gasteiger partial charge in [-0.15, -0.1) is 11.3 Å². The van der Waals surface area contributed by atoms with Crippen LogP contribution in [0.5, 0.6) is 5.75 Å². The molecule has 1 aromatic carbocycles. The van der Waals surface area contributed by atoms with Crippen LogP contribution in [0, 0.1) is 22.8 Å². The summed E-state index contributed by atoms with van der Waals surface area (Å²) >= 11 is 1.49. The van der Waals surface area contributed by atoms with Gasteiger partial charge in [0.1, 0.15) is 11.4 Å². The average Bonchev–Trinajstić information content (AvgIpc) is 3.13. The second-order valence-corrected chi connectivity index (χ2v) is 10.1. The first kappa shape index (κ1) is 24.2. The molecule has 1 saturated carbocycles. The van der Waals surface area contributed by atoms with E-state index in [0.717, 1.165) is 24.1 Å². The molecule has 1 aliphatic carbocycles. The van der Waals surface area contributed by atoms with Crippen LogP contribution in [-0.4, -0.2) is 29.1 Å². The van der Waals surface area contributed by atoms with Gasteiger partial charge in [-0.2, -0.15) is 20.5 Å². The van der Waals surface area contributed by atoms with Gasteiger partial charge in [0.05, 0.1) is 30.9 Å². The van der Waals surface area contributed by atoms with Crippen LogP contribution in [0.4, 0.5) is 0 Å². The van der Waals surface area contributed by atoms with E-state index in [2.05, 4.69) is 31.8 Å². The first-order chi connectivity index (χ1) is 15.6. The van der Waals surface area contributed by atoms with Crippen molar-refractivity contribution in [2.45, 2.75) is 64.5 Å². The number of rotatable bonds is 5. The van der Waals surface area contributed by atoms with Crippen LogP contribution in [0.3, 0.4) is 0 Å². The number of aliphatic imine (C=N–C) groups is 1. The third-order valence-electron chi connectivity index (χ3n) is 5.47. The molecule has 0 spiro atoms. The summed E-state index contributed by atoms with van der Waals surface area (Å²) in [6.45, 7) is 8.23. The van der Waals surface area contributed by atoms with Gasteiger partial charge < -0.3 is 14.0 Å². The summed E-state index contributed by atoms with van der Waals surface area (Å²) in [4.78, 5) is 22.1. The minimum atomic E-state index is -0.554. The summed E-state index contributed by atoms with van der Waals surface area (Å²) in [5.41, 5.74) is 0.180. The highest BCUT2D eigenvalue weighted by Crippen LogP contribution is 2.37. The van der Waals surface area contributed by atoms with Crippen molar-refractivity contribution in [3.8, 4) is 18.0 Å². The van der Waals surface area contributed by atoms with Crippen molar-refractivity contribution >= 4 is 23.1 Å². The van der Waals surface area contributed by atoms with Crippen molar-refractivity contribution in [1.82, 2.24) is 4.57 Å². The topological polar surface area (TPSA) is 113 Å². The van der Waals surface area contributed by atoms with Crippen molar-refractivity contribution in [1.29, 1.82) is 10.5 Å². The fourth-order valence-electron chi connectivity index (χ4n) is 3.64. The lowest BCUT2D eigenvalue weighted by atomic mass is 9.80. The molecule has 0 amide bonds. The maximum atomic E-state index is 11.7. The lowest BCUT2D eigenvalue weighted by Crippen LogP contribution is -2.46. The first-order valence-electron chi connectivity index (χ1n) is 10.6. The maximum Gasteiger partial charge on any atom is 0.303 e. The van der Waals surface area contributed by atoms with Crippen LogP contribution in [0.1, 0.15) is 63.0 Å². The Balaban J connectivity index is 2.17. The van der Waals surface area contributed by atoms with Gasteiger partial charge in [0.15, 0.2) is 10.6 Å². The van der Waals surface area contributed by atoms with Crippen LogP contribution in [-0.2, 0) is 21.5 Å². The summed E-state index contributed by atoms with van der Waals surface area (Å²) in [5.74, 6) is 0.309. The number of hydrogen-bond donors (Lipinski definition) is 0. The van der Waals surface area contributed by atoms with Crippen molar-refractivity contribution in [3.63, 3.8) is 0 Å². The molecule has 1 fully saturated rings. The van der Waals surface area contributed by atoms with Gasteiger partial charge in [0.2, 0.25) is 6.19 Å². The summed E-state index contributed by atoms with van der Waals surface area (Å²) in [6.07, 6.45) is 6.41. The number of nitriles is 2. The Kier molecular flexibility index (Phi) is 7.04. The molecule has 0 unspecified atom stereocenters. The molecule has 0 saturated heterocycles. The SMILES string of the molecule is COc1ccc(C#N)cc1C(=NC#N)/N=c1\sc(C(C)(C)C)cn1CC1(OC(C)=O)CCC1. The second kappa shape index (κ2) is 9.60. The van der Waals surface area contributed by atoms with Crippen LogP contribution in [0.15, 0.2) is 34.4 Å². The second-order valence-electron chi connectivity index (χ2n) is 9.06. The molecule has 0 bridgehead atoms. The molecule has 1 aromatic heterocycles. The third kappa shape index (κ3) is 5.50. The van der Waals surface area contributed by atoms with E-state index in [1.54, 1.807) is 18.2 Å². The van der Waals surface area contributed by atoms with Crippen LogP contribution >= 0.6 is 11.3 Å². The molecule has 1 heterocycles. The Labute approximate surface area is 197 Å². The third-order valence-corrected chi connectivity index (χ3v) is 6.92. The van der Waals surface area contributed by atoms with Crippen LogP contribution in [0.2, 0.25) is 0 Å². The number of amidine groups is 1. The Hall–Kier alpha value is -3.43. The van der Waals surface area contributed by atoms with Crippen LogP contribution in [0.25, 0.3) is 0 Å². The summed E-state index contributed by atoms with van der Waals surface area (Å²) < 4.78 is 13.1. The van der Waals surface area contributed by atoms with Gasteiger partial charge in [-0.05, 0) is 42.9 Å². The normalized spacial score (nSPS) is 15.8. The van der Waals surface area contributed by atoms with Gasteiger partial charge in [-0.1, -0.05) is 20.8 Å². The highest BCUT2D eigenvalue weighted by atomic mass is 32.1. The molecule has 0 N–H and O–H groups in total. The summed E-state index contributed by atoms with van der Waals surface area (Å²) in [7, 11) is 1.51. The maximum absolute atomic E-state index is 11.7. The summed E-state index contributed by atoms with van der Waals surface area (Å²) in [6, 6.07) is 6.99. The van der Waals surface area contributed by atoms with E-state index < -0.39 is 5.60 Å². The molecule has 33 heavy (non-hydrogen) atoms. The number of benzene rings is 1. The number of carbonyl (C=O) groups is 1. The number of thiazole rings is 1. The highest BCUT2D eigenvalue weighted by Gasteiger charge is 2.41. The molecular formula is C24H27N5O3S. The standard InChI is InChI=1S/C24H27N5O3S/c1-16(30)32-24(9-6-10-24)14-29-13-20(23(2,3)4)33-22(29)28-21(27-15-26)18-11-17(12-25)7-8-19(18)31-5/h7-8,11,13H,6,9-10,14H2,1-5H3/b27-21?,28-22-. The molecule has 8 nitrogen and oxygen atoms in total. The smallest absolute Gasteiger partial charge is 0.303 e. The lowest BCUT2D eigenvalue weighted by Gasteiger charge is -2.40. The molecule has 0 radical (unpaired) electrons. The van der Waals surface area contributed by atoms with Gasteiger partial charge in [-0.3, -0.25) is 4.79 Å². The number of methoxy groups -OCH3 is 1. The predicted molar refractivity (Wildman–Crippen MR) is 125 cm³/mol. The van der Waals surface area contributed by atoms with E-state index in [-0.39, 0.29) is 17.2 Å². The Morgan fingerprint density at radius 1 is 1.30 bits per heavy atom. The van der Waals surface area contributed by atoms with E-state index in [9.17, 15) is 15.3 Å². The molecule has 0 aliphatic heterocycles. The minimum absolute atomic E-state index is 0.126. The van der Waals surface area contributed by atoms with Crippen molar-refractivity contribution < 1.29 is 14.3 Å². The number of ether oxygens (including phenoxy) is 2. The molecule has 172 valence electrons. The average molecular weight is 466 g/mol. The molecule has 9 heteroatoms. The van der Waals surface area contributed by atoms with Gasteiger partial charge >= 0.3 is 5.97 Å². The molecule has 3 rings (SSSR count). The van der Waals surface area contributed by atoms with Crippen molar-refractivity contribution in [2.75, 3.05) is 7.11 Å². The molecule has 0 atom stereocenters. The van der Waals surface area contributed by atoms with E-state index in [1.165, 1.54) is 25.4 Å². The zero-order chi connectivity index (χ0) is 24.2. The number of carbonyl (C=O) groups excluding carboxylic acids is 1.